The maximum atomic E-state index is 9.29. The zero-order chi connectivity index (χ0) is 14.1. The molecule has 0 aromatic rings. The molecule has 0 aliphatic rings. The number of aliphatic carboxylic acids is 2. The van der Waals surface area contributed by atoms with Crippen molar-refractivity contribution in [3.63, 3.8) is 0 Å². The first-order valence-electron chi connectivity index (χ1n) is 4.40. The molecule has 0 aliphatic heterocycles. The van der Waals surface area contributed by atoms with E-state index in [4.69, 9.17) is 14.9 Å². The van der Waals surface area contributed by atoms with Crippen LogP contribution in [-0.2, 0) is 14.3 Å². The van der Waals surface area contributed by atoms with E-state index < -0.39 is 11.9 Å². The standard InChI is InChI=1S/C4H10OS2.2C2H4O2S/c6-3-1-5-2-4-7;2*3-2(4)1-5/h6-7H,1-4H2;2*5H,1H2,(H,3,4). The van der Waals surface area contributed by atoms with Crippen molar-refractivity contribution in [2.75, 3.05) is 36.2 Å². The highest BCUT2D eigenvalue weighted by Crippen LogP contribution is 1.79. The number of carboxylic acids is 2. The molecule has 0 saturated heterocycles. The van der Waals surface area contributed by atoms with Crippen LogP contribution in [0, 0.1) is 0 Å². The molecule has 104 valence electrons. The second-order valence-electron chi connectivity index (χ2n) is 2.16. The lowest BCUT2D eigenvalue weighted by Crippen LogP contribution is -1.97. The van der Waals surface area contributed by atoms with E-state index in [9.17, 15) is 9.59 Å². The van der Waals surface area contributed by atoms with Crippen molar-refractivity contribution in [1.82, 2.24) is 0 Å². The van der Waals surface area contributed by atoms with Crippen LogP contribution in [0.1, 0.15) is 0 Å². The number of rotatable bonds is 6. The highest BCUT2D eigenvalue weighted by Gasteiger charge is 1.82. The summed E-state index contributed by atoms with van der Waals surface area (Å²) in [5, 5.41) is 15.3. The number of carboxylic acid groups (broad SMARTS) is 2. The molecule has 0 heterocycles. The van der Waals surface area contributed by atoms with Gasteiger partial charge in [0.1, 0.15) is 0 Å². The molecule has 17 heavy (non-hydrogen) atoms. The van der Waals surface area contributed by atoms with Gasteiger partial charge in [0.15, 0.2) is 0 Å². The fraction of sp³-hybridized carbons (Fsp3) is 0.750. The van der Waals surface area contributed by atoms with Crippen LogP contribution >= 0.6 is 50.5 Å². The molecule has 0 radical (unpaired) electrons. The Kier molecular flexibility index (Phi) is 28.5. The lowest BCUT2D eigenvalue weighted by molar-refractivity contribution is -0.134. The highest BCUT2D eigenvalue weighted by atomic mass is 32.1. The smallest absolute Gasteiger partial charge is 0.313 e. The minimum Gasteiger partial charge on any atom is -0.481 e. The fourth-order valence-corrected chi connectivity index (χ4v) is 0.489. The van der Waals surface area contributed by atoms with Crippen LogP contribution in [0.5, 0.6) is 0 Å². The van der Waals surface area contributed by atoms with Crippen molar-refractivity contribution < 1.29 is 24.5 Å². The van der Waals surface area contributed by atoms with Gasteiger partial charge in [0.2, 0.25) is 0 Å². The minimum atomic E-state index is -0.881. The second-order valence-corrected chi connectivity index (χ2v) is 3.69. The van der Waals surface area contributed by atoms with Gasteiger partial charge in [-0.1, -0.05) is 0 Å². The Morgan fingerprint density at radius 3 is 1.18 bits per heavy atom. The molecule has 0 atom stereocenters. The number of thiol groups is 4. The molecule has 0 spiro atoms. The van der Waals surface area contributed by atoms with Gasteiger partial charge < -0.3 is 14.9 Å². The first kappa shape index (κ1) is 22.5. The van der Waals surface area contributed by atoms with Crippen molar-refractivity contribution in [2.24, 2.45) is 0 Å². The summed E-state index contributed by atoms with van der Waals surface area (Å²) in [6.07, 6.45) is 0. The van der Waals surface area contributed by atoms with E-state index in [1.54, 1.807) is 0 Å². The van der Waals surface area contributed by atoms with Crippen molar-refractivity contribution >= 4 is 62.5 Å². The van der Waals surface area contributed by atoms with E-state index in [0.717, 1.165) is 24.7 Å². The summed E-state index contributed by atoms with van der Waals surface area (Å²) in [6, 6.07) is 0. The molecule has 9 heteroatoms. The zero-order valence-electron chi connectivity index (χ0n) is 9.15. The molecule has 0 unspecified atom stereocenters. The zero-order valence-corrected chi connectivity index (χ0v) is 12.7. The third-order valence-electron chi connectivity index (χ3n) is 0.742. The Bertz CT molecular complexity index is 161. The number of ether oxygens (including phenoxy) is 1. The SMILES string of the molecule is O=C(O)CS.O=C(O)CS.SCCOCCS. The van der Waals surface area contributed by atoms with E-state index >= 15 is 0 Å². The van der Waals surface area contributed by atoms with Gasteiger partial charge in [-0.15, -0.1) is 0 Å². The summed E-state index contributed by atoms with van der Waals surface area (Å²) in [5.74, 6) is -0.330. The van der Waals surface area contributed by atoms with E-state index in [1.807, 2.05) is 0 Å². The Morgan fingerprint density at radius 2 is 1.06 bits per heavy atom. The third-order valence-corrected chi connectivity index (χ3v) is 1.65. The highest BCUT2D eigenvalue weighted by molar-refractivity contribution is 7.81. The predicted octanol–water partition coefficient (Wildman–Crippen LogP) is 0.864. The summed E-state index contributed by atoms with van der Waals surface area (Å²) in [5.41, 5.74) is 0. The maximum Gasteiger partial charge on any atom is 0.313 e. The van der Waals surface area contributed by atoms with E-state index in [-0.39, 0.29) is 11.5 Å². The molecule has 0 bridgehead atoms. The van der Waals surface area contributed by atoms with Gasteiger partial charge in [0.25, 0.3) is 0 Å². The Balaban J connectivity index is -0.000000177. The van der Waals surface area contributed by atoms with Crippen LogP contribution in [0.2, 0.25) is 0 Å². The monoisotopic (exact) mass is 322 g/mol. The van der Waals surface area contributed by atoms with Crippen LogP contribution in [0.25, 0.3) is 0 Å². The van der Waals surface area contributed by atoms with Crippen molar-refractivity contribution in [3.8, 4) is 0 Å². The molecule has 0 aromatic heterocycles. The van der Waals surface area contributed by atoms with Crippen molar-refractivity contribution in [1.29, 1.82) is 0 Å². The van der Waals surface area contributed by atoms with Crippen LogP contribution < -0.4 is 0 Å². The van der Waals surface area contributed by atoms with Gasteiger partial charge >= 0.3 is 11.9 Å². The molecule has 0 aliphatic carbocycles. The lowest BCUT2D eigenvalue weighted by atomic mass is 10.8. The fourth-order valence-electron chi connectivity index (χ4n) is 0.231. The summed E-state index contributed by atoms with van der Waals surface area (Å²) in [6.45, 7) is 1.48. The molecule has 2 N–H and O–H groups in total. The van der Waals surface area contributed by atoms with Crippen LogP contribution in [0.3, 0.4) is 0 Å². The van der Waals surface area contributed by atoms with Crippen LogP contribution in [-0.4, -0.2) is 58.4 Å². The average Bonchev–Trinajstić information content (AvgIpc) is 2.31. The molecule has 0 fully saturated rings. The third kappa shape index (κ3) is 48.4. The van der Waals surface area contributed by atoms with Gasteiger partial charge in [0.05, 0.1) is 24.7 Å². The molecule has 0 aromatic carbocycles. The molecule has 5 nitrogen and oxygen atoms in total. The molecular formula is C8H18O5S4. The van der Waals surface area contributed by atoms with Crippen LogP contribution in [0.15, 0.2) is 0 Å². The normalized spacial score (nSPS) is 8.24. The van der Waals surface area contributed by atoms with Gasteiger partial charge in [-0.3, -0.25) is 9.59 Å². The van der Waals surface area contributed by atoms with Crippen molar-refractivity contribution in [3.05, 3.63) is 0 Å². The Labute approximate surface area is 123 Å². The quantitative estimate of drug-likeness (QED) is 0.323. The second kappa shape index (κ2) is 21.6. The van der Waals surface area contributed by atoms with E-state index in [2.05, 4.69) is 50.5 Å². The van der Waals surface area contributed by atoms with Crippen molar-refractivity contribution in [2.45, 2.75) is 0 Å². The Morgan fingerprint density at radius 1 is 0.824 bits per heavy atom. The summed E-state index contributed by atoms with van der Waals surface area (Å²) < 4.78 is 4.98. The largest absolute Gasteiger partial charge is 0.481 e. The van der Waals surface area contributed by atoms with Gasteiger partial charge in [-0.05, 0) is 0 Å². The minimum absolute atomic E-state index is 0.0833. The van der Waals surface area contributed by atoms with Gasteiger partial charge in [-0.2, -0.15) is 50.5 Å². The molecule has 0 rings (SSSR count). The van der Waals surface area contributed by atoms with E-state index in [0.29, 0.717) is 0 Å². The topological polar surface area (TPSA) is 83.8 Å². The molecular weight excluding hydrogens is 304 g/mol. The van der Waals surface area contributed by atoms with E-state index in [1.165, 1.54) is 0 Å². The lowest BCUT2D eigenvalue weighted by Gasteiger charge is -1.94. The first-order valence-corrected chi connectivity index (χ1v) is 6.93. The number of hydrogen-bond donors (Lipinski definition) is 6. The maximum absolute atomic E-state index is 9.29. The number of hydrogen-bond acceptors (Lipinski definition) is 7. The molecule has 0 saturated carbocycles. The first-order chi connectivity index (χ1) is 7.95. The predicted molar refractivity (Wildman–Crippen MR) is 81.5 cm³/mol. The Hall–Kier alpha value is 0.300. The van der Waals surface area contributed by atoms with Crippen LogP contribution in [0.4, 0.5) is 0 Å². The summed E-state index contributed by atoms with van der Waals surface area (Å²) in [7, 11) is 0. The molecule has 0 amide bonds. The van der Waals surface area contributed by atoms with Gasteiger partial charge in [0, 0.05) is 11.5 Å². The summed E-state index contributed by atoms with van der Waals surface area (Å²) >= 11 is 14.7. The summed E-state index contributed by atoms with van der Waals surface area (Å²) in [4.78, 5) is 18.6. The number of carbonyl (C=O) groups is 2. The average molecular weight is 322 g/mol. The van der Waals surface area contributed by atoms with Gasteiger partial charge in [-0.25, -0.2) is 0 Å².